The molecule has 3 nitrogen and oxygen atoms in total. The predicted molar refractivity (Wildman–Crippen MR) is 49.3 cm³/mol. The number of hydrogen-bond donors (Lipinski definition) is 1. The zero-order valence-electron chi connectivity index (χ0n) is 5.87. The summed E-state index contributed by atoms with van der Waals surface area (Å²) >= 11 is 3.26. The summed E-state index contributed by atoms with van der Waals surface area (Å²) in [5.74, 6) is 0.307. The fraction of sp³-hybridized carbons (Fsp3) is 0.143. The van der Waals surface area contributed by atoms with E-state index >= 15 is 0 Å². The van der Waals surface area contributed by atoms with Crippen molar-refractivity contribution in [3.63, 3.8) is 0 Å². The van der Waals surface area contributed by atoms with Crippen LogP contribution >= 0.6 is 15.9 Å². The van der Waals surface area contributed by atoms with Gasteiger partial charge in [-0.2, -0.15) is 0 Å². The summed E-state index contributed by atoms with van der Waals surface area (Å²) in [4.78, 5) is 7.74. The average molecular weight is 214 g/mol. The summed E-state index contributed by atoms with van der Waals surface area (Å²) in [6.45, 7) is 0. The van der Waals surface area contributed by atoms with Gasteiger partial charge in [0.25, 0.3) is 0 Å². The van der Waals surface area contributed by atoms with Gasteiger partial charge in [-0.05, 0) is 12.1 Å². The normalized spacial score (nSPS) is 10.6. The molecule has 58 valence electrons. The van der Waals surface area contributed by atoms with E-state index in [0.717, 1.165) is 11.0 Å². The van der Waals surface area contributed by atoms with Crippen molar-refractivity contribution in [1.29, 1.82) is 0 Å². The zero-order valence-corrected chi connectivity index (χ0v) is 7.45. The fourth-order valence-electron chi connectivity index (χ4n) is 0.647. The van der Waals surface area contributed by atoms with Crippen LogP contribution in [0.15, 0.2) is 18.3 Å². The number of rotatable bonds is 2. The van der Waals surface area contributed by atoms with E-state index in [2.05, 4.69) is 25.9 Å². The fourth-order valence-corrected chi connectivity index (χ4v) is 0.833. The molecule has 0 aliphatic heterocycles. The average Bonchev–Trinajstić information content (AvgIpc) is 2.01. The molecule has 0 spiro atoms. The molecule has 11 heavy (non-hydrogen) atoms. The molecule has 0 bridgehead atoms. The van der Waals surface area contributed by atoms with Crippen LogP contribution in [0.1, 0.15) is 5.69 Å². The molecule has 2 N–H and O–H groups in total. The van der Waals surface area contributed by atoms with Crippen LogP contribution in [0.5, 0.6) is 0 Å². The molecule has 0 amide bonds. The van der Waals surface area contributed by atoms with Crippen LogP contribution in [0.2, 0.25) is 0 Å². The Morgan fingerprint density at radius 2 is 2.45 bits per heavy atom. The molecule has 0 radical (unpaired) electrons. The van der Waals surface area contributed by atoms with Gasteiger partial charge in [0, 0.05) is 11.5 Å². The van der Waals surface area contributed by atoms with Gasteiger partial charge in [0.1, 0.15) is 0 Å². The smallest absolute Gasteiger partial charge is 0.220 e. The maximum absolute atomic E-state index is 5.36. The number of anilines is 1. The highest BCUT2D eigenvalue weighted by atomic mass is 79.9. The Hall–Kier alpha value is -0.900. The van der Waals surface area contributed by atoms with Gasteiger partial charge in [-0.25, -0.2) is 9.97 Å². The monoisotopic (exact) mass is 213 g/mol. The van der Waals surface area contributed by atoms with Gasteiger partial charge < -0.3 is 5.73 Å². The van der Waals surface area contributed by atoms with E-state index < -0.39 is 0 Å². The van der Waals surface area contributed by atoms with E-state index in [1.54, 1.807) is 12.3 Å². The second-order valence-corrected chi connectivity index (χ2v) is 2.54. The van der Waals surface area contributed by atoms with E-state index in [1.807, 2.05) is 12.2 Å². The minimum absolute atomic E-state index is 0.307. The van der Waals surface area contributed by atoms with Crippen molar-refractivity contribution in [2.75, 3.05) is 11.1 Å². The summed E-state index contributed by atoms with van der Waals surface area (Å²) in [7, 11) is 0. The van der Waals surface area contributed by atoms with Gasteiger partial charge in [0.15, 0.2) is 0 Å². The van der Waals surface area contributed by atoms with Gasteiger partial charge in [0.05, 0.1) is 5.69 Å². The van der Waals surface area contributed by atoms with Gasteiger partial charge in [-0.1, -0.05) is 22.0 Å². The van der Waals surface area contributed by atoms with Gasteiger partial charge in [-0.15, -0.1) is 0 Å². The highest BCUT2D eigenvalue weighted by Gasteiger charge is 1.88. The van der Waals surface area contributed by atoms with Crippen LogP contribution in [-0.2, 0) is 0 Å². The first kappa shape index (κ1) is 8.20. The number of nitrogen functional groups attached to an aromatic ring is 1. The van der Waals surface area contributed by atoms with Crippen molar-refractivity contribution in [1.82, 2.24) is 9.97 Å². The van der Waals surface area contributed by atoms with Gasteiger partial charge >= 0.3 is 0 Å². The molecule has 0 aliphatic rings. The molecule has 1 aromatic heterocycles. The Labute approximate surface area is 73.5 Å². The molecule has 0 saturated carbocycles. The quantitative estimate of drug-likeness (QED) is 0.758. The van der Waals surface area contributed by atoms with Gasteiger partial charge in [0.2, 0.25) is 5.95 Å². The number of halogens is 1. The first-order valence-corrected chi connectivity index (χ1v) is 4.26. The summed E-state index contributed by atoms with van der Waals surface area (Å²) in [6.07, 6.45) is 5.46. The first-order valence-electron chi connectivity index (χ1n) is 3.14. The highest BCUT2D eigenvalue weighted by Crippen LogP contribution is 1.99. The topological polar surface area (TPSA) is 51.8 Å². The lowest BCUT2D eigenvalue weighted by Gasteiger charge is -1.92. The number of alkyl halides is 1. The summed E-state index contributed by atoms with van der Waals surface area (Å²) in [5.41, 5.74) is 6.19. The lowest BCUT2D eigenvalue weighted by Crippen LogP contribution is -1.94. The first-order chi connectivity index (χ1) is 5.33. The lowest BCUT2D eigenvalue weighted by atomic mass is 10.4. The molecule has 0 saturated heterocycles. The number of hydrogen-bond acceptors (Lipinski definition) is 3. The van der Waals surface area contributed by atoms with Gasteiger partial charge in [-0.3, -0.25) is 0 Å². The molecule has 0 fully saturated rings. The van der Waals surface area contributed by atoms with Crippen molar-refractivity contribution in [2.24, 2.45) is 0 Å². The Balaban J connectivity index is 2.79. The molecule has 0 aliphatic carbocycles. The maximum Gasteiger partial charge on any atom is 0.220 e. The number of aromatic nitrogens is 2. The Morgan fingerprint density at radius 3 is 3.09 bits per heavy atom. The second kappa shape index (κ2) is 4.08. The van der Waals surface area contributed by atoms with E-state index in [-0.39, 0.29) is 0 Å². The van der Waals surface area contributed by atoms with Crippen LogP contribution in [0, 0.1) is 0 Å². The Bertz CT molecular complexity index is 260. The Morgan fingerprint density at radius 1 is 1.64 bits per heavy atom. The zero-order chi connectivity index (χ0) is 8.10. The maximum atomic E-state index is 5.36. The molecule has 0 atom stereocenters. The van der Waals surface area contributed by atoms with E-state index in [1.165, 1.54) is 0 Å². The number of nitrogens with two attached hydrogens (primary N) is 1. The number of nitrogens with zero attached hydrogens (tertiary/aromatic N) is 2. The predicted octanol–water partition coefficient (Wildman–Crippen LogP) is 1.47. The van der Waals surface area contributed by atoms with Crippen LogP contribution in [-0.4, -0.2) is 15.3 Å². The second-order valence-electron chi connectivity index (χ2n) is 1.90. The summed E-state index contributed by atoms with van der Waals surface area (Å²) in [5, 5.41) is 0.816. The third-order valence-corrected chi connectivity index (χ3v) is 1.45. The minimum Gasteiger partial charge on any atom is -0.368 e. The standard InChI is InChI=1S/C7H8BrN3/c8-4-1-2-6-3-5-10-7(9)11-6/h1-3,5H,4H2,(H2,9,10,11). The number of allylic oxidation sites excluding steroid dienone is 1. The molecule has 1 heterocycles. The van der Waals surface area contributed by atoms with E-state index in [4.69, 9.17) is 5.73 Å². The lowest BCUT2D eigenvalue weighted by molar-refractivity contribution is 1.17. The van der Waals surface area contributed by atoms with Crippen LogP contribution < -0.4 is 5.73 Å². The molecule has 0 unspecified atom stereocenters. The third-order valence-electron chi connectivity index (χ3n) is 1.07. The van der Waals surface area contributed by atoms with Crippen LogP contribution in [0.4, 0.5) is 5.95 Å². The largest absolute Gasteiger partial charge is 0.368 e. The minimum atomic E-state index is 0.307. The molecule has 4 heteroatoms. The summed E-state index contributed by atoms with van der Waals surface area (Å²) in [6, 6.07) is 1.80. The molecule has 0 aromatic carbocycles. The van der Waals surface area contributed by atoms with Crippen molar-refractivity contribution in [3.05, 3.63) is 24.0 Å². The molecular weight excluding hydrogens is 206 g/mol. The van der Waals surface area contributed by atoms with Crippen molar-refractivity contribution in [2.45, 2.75) is 0 Å². The third kappa shape index (κ3) is 2.67. The van der Waals surface area contributed by atoms with E-state index in [9.17, 15) is 0 Å². The Kier molecular flexibility index (Phi) is 3.04. The van der Waals surface area contributed by atoms with Crippen LogP contribution in [0.25, 0.3) is 6.08 Å². The van der Waals surface area contributed by atoms with Crippen LogP contribution in [0.3, 0.4) is 0 Å². The summed E-state index contributed by atoms with van der Waals surface area (Å²) < 4.78 is 0. The molecular formula is C7H8BrN3. The van der Waals surface area contributed by atoms with Crippen molar-refractivity contribution >= 4 is 28.0 Å². The SMILES string of the molecule is Nc1nccc(C=CCBr)n1. The van der Waals surface area contributed by atoms with Crippen molar-refractivity contribution < 1.29 is 0 Å². The molecule has 1 aromatic rings. The van der Waals surface area contributed by atoms with Crippen molar-refractivity contribution in [3.8, 4) is 0 Å². The van der Waals surface area contributed by atoms with E-state index in [0.29, 0.717) is 5.95 Å². The molecule has 1 rings (SSSR count). The highest BCUT2D eigenvalue weighted by molar-refractivity contribution is 9.09.